The van der Waals surface area contributed by atoms with Crippen LogP contribution < -0.4 is 5.73 Å². The second-order valence-electron chi connectivity index (χ2n) is 8.07. The fourth-order valence-corrected chi connectivity index (χ4v) is 4.17. The van der Waals surface area contributed by atoms with E-state index in [1.165, 1.54) is 35.2 Å². The highest BCUT2D eigenvalue weighted by atomic mass is 35.5. The van der Waals surface area contributed by atoms with Crippen molar-refractivity contribution in [1.29, 1.82) is 0 Å². The standard InChI is InChI=1S/C23H23ClF3N3O3/c1-3-17(24)8-18(25)13(2)29-12-19(31)30(11-14-4-6-15(7-5-14)20(26)27)23(22(29)33)9-16(10-23)21(28)32/h3-8,16,20H,2,9-12H2,1H3,(H2,28,32)/b17-3+,18-8+. The highest BCUT2D eigenvalue weighted by molar-refractivity contribution is 6.31. The minimum absolute atomic E-state index is 0.0211. The van der Waals surface area contributed by atoms with Crippen LogP contribution >= 0.6 is 11.6 Å². The summed E-state index contributed by atoms with van der Waals surface area (Å²) in [6.07, 6.45) is -0.244. The van der Waals surface area contributed by atoms with Crippen molar-refractivity contribution in [1.82, 2.24) is 9.80 Å². The lowest BCUT2D eigenvalue weighted by atomic mass is 9.64. The molecule has 1 aromatic rings. The molecule has 176 valence electrons. The van der Waals surface area contributed by atoms with Gasteiger partial charge in [-0.3, -0.25) is 19.3 Å². The van der Waals surface area contributed by atoms with Crippen LogP contribution in [0.2, 0.25) is 0 Å². The van der Waals surface area contributed by atoms with Crippen LogP contribution in [0.1, 0.15) is 37.3 Å². The number of nitrogens with two attached hydrogens (primary N) is 1. The molecule has 1 aromatic carbocycles. The molecular weight excluding hydrogens is 459 g/mol. The Balaban J connectivity index is 1.92. The first-order valence-corrected chi connectivity index (χ1v) is 10.5. The average Bonchev–Trinajstić information content (AvgIpc) is 2.74. The molecule has 1 saturated carbocycles. The van der Waals surface area contributed by atoms with E-state index in [1.54, 1.807) is 6.92 Å². The summed E-state index contributed by atoms with van der Waals surface area (Å²) in [6, 6.07) is 5.39. The van der Waals surface area contributed by atoms with Crippen molar-refractivity contribution in [2.75, 3.05) is 6.54 Å². The van der Waals surface area contributed by atoms with E-state index >= 15 is 0 Å². The number of benzene rings is 1. The van der Waals surface area contributed by atoms with E-state index in [-0.39, 0.29) is 35.7 Å². The second kappa shape index (κ2) is 9.43. The quantitative estimate of drug-likeness (QED) is 0.599. The Morgan fingerprint density at radius 1 is 1.30 bits per heavy atom. The normalized spacial score (nSPS) is 23.9. The van der Waals surface area contributed by atoms with E-state index in [0.717, 1.165) is 11.0 Å². The van der Waals surface area contributed by atoms with Gasteiger partial charge >= 0.3 is 0 Å². The van der Waals surface area contributed by atoms with Gasteiger partial charge in [-0.2, -0.15) is 0 Å². The maximum absolute atomic E-state index is 14.6. The van der Waals surface area contributed by atoms with Gasteiger partial charge in [-0.05, 0) is 31.4 Å². The van der Waals surface area contributed by atoms with Crippen LogP contribution in [-0.2, 0) is 20.9 Å². The third-order valence-electron chi connectivity index (χ3n) is 6.04. The molecule has 0 bridgehead atoms. The van der Waals surface area contributed by atoms with Gasteiger partial charge in [0.2, 0.25) is 11.8 Å². The van der Waals surface area contributed by atoms with Crippen LogP contribution in [0.3, 0.4) is 0 Å². The van der Waals surface area contributed by atoms with Gasteiger partial charge < -0.3 is 10.6 Å². The number of rotatable bonds is 7. The number of hydrogen-bond acceptors (Lipinski definition) is 3. The summed E-state index contributed by atoms with van der Waals surface area (Å²) >= 11 is 5.83. The predicted octanol–water partition coefficient (Wildman–Crippen LogP) is 3.94. The summed E-state index contributed by atoms with van der Waals surface area (Å²) in [5.74, 6) is -3.20. The summed E-state index contributed by atoms with van der Waals surface area (Å²) in [6.45, 7) is 4.70. The molecule has 10 heteroatoms. The maximum Gasteiger partial charge on any atom is 0.263 e. The van der Waals surface area contributed by atoms with Crippen LogP contribution in [0, 0.1) is 5.92 Å². The predicted molar refractivity (Wildman–Crippen MR) is 116 cm³/mol. The van der Waals surface area contributed by atoms with Gasteiger partial charge in [-0.15, -0.1) is 0 Å². The Hall–Kier alpha value is -3.07. The third kappa shape index (κ3) is 4.68. The molecule has 3 amide bonds. The van der Waals surface area contributed by atoms with Gasteiger partial charge in [0.1, 0.15) is 17.9 Å². The number of carbonyl (C=O) groups is 3. The molecule has 1 aliphatic carbocycles. The maximum atomic E-state index is 14.6. The number of hydrogen-bond donors (Lipinski definition) is 1. The van der Waals surface area contributed by atoms with Crippen molar-refractivity contribution in [2.45, 2.75) is 38.3 Å². The zero-order chi connectivity index (χ0) is 24.5. The fraction of sp³-hybridized carbons (Fsp3) is 0.348. The molecule has 0 unspecified atom stereocenters. The number of halogens is 4. The van der Waals surface area contributed by atoms with Crippen molar-refractivity contribution < 1.29 is 27.6 Å². The van der Waals surface area contributed by atoms with Gasteiger partial charge in [-0.1, -0.05) is 48.5 Å². The molecule has 3 rings (SSSR count). The number of piperazine rings is 1. The molecule has 1 spiro atoms. The number of primary amides is 1. The van der Waals surface area contributed by atoms with Crippen molar-refractivity contribution in [3.05, 3.63) is 70.7 Å². The number of carbonyl (C=O) groups excluding carboxylic acids is 3. The minimum atomic E-state index is -2.63. The Bertz CT molecular complexity index is 1050. The van der Waals surface area contributed by atoms with Gasteiger partial charge in [0, 0.05) is 23.1 Å². The van der Waals surface area contributed by atoms with Gasteiger partial charge in [0.25, 0.3) is 12.3 Å². The highest BCUT2D eigenvalue weighted by Gasteiger charge is 2.61. The average molecular weight is 482 g/mol. The lowest BCUT2D eigenvalue weighted by molar-refractivity contribution is -0.176. The number of allylic oxidation sites excluding steroid dienone is 4. The minimum Gasteiger partial charge on any atom is -0.369 e. The smallest absolute Gasteiger partial charge is 0.263 e. The van der Waals surface area contributed by atoms with Crippen molar-refractivity contribution in [2.24, 2.45) is 11.7 Å². The van der Waals surface area contributed by atoms with E-state index in [0.29, 0.717) is 5.56 Å². The van der Waals surface area contributed by atoms with Crippen molar-refractivity contribution in [3.8, 4) is 0 Å². The van der Waals surface area contributed by atoms with Gasteiger partial charge in [0.05, 0.1) is 5.70 Å². The Morgan fingerprint density at radius 2 is 1.91 bits per heavy atom. The molecular formula is C23H23ClF3N3O3. The Morgan fingerprint density at radius 3 is 2.42 bits per heavy atom. The molecule has 2 N–H and O–H groups in total. The summed E-state index contributed by atoms with van der Waals surface area (Å²) in [4.78, 5) is 40.5. The first kappa shape index (κ1) is 24.6. The van der Waals surface area contributed by atoms with Crippen LogP contribution in [0.5, 0.6) is 0 Å². The fourth-order valence-electron chi connectivity index (χ4n) is 4.07. The monoisotopic (exact) mass is 481 g/mol. The third-order valence-corrected chi connectivity index (χ3v) is 6.37. The first-order chi connectivity index (χ1) is 15.5. The molecule has 6 nitrogen and oxygen atoms in total. The first-order valence-electron chi connectivity index (χ1n) is 10.2. The van der Waals surface area contributed by atoms with Crippen LogP contribution in [-0.4, -0.2) is 39.6 Å². The lowest BCUT2D eigenvalue weighted by Gasteiger charge is -2.56. The molecule has 2 aliphatic rings. The molecule has 33 heavy (non-hydrogen) atoms. The van der Waals surface area contributed by atoms with E-state index in [1.807, 2.05) is 0 Å². The zero-order valence-corrected chi connectivity index (χ0v) is 18.6. The van der Waals surface area contributed by atoms with Crippen molar-refractivity contribution in [3.63, 3.8) is 0 Å². The molecule has 0 radical (unpaired) electrons. The molecule has 2 fully saturated rings. The molecule has 0 atom stereocenters. The number of amides is 3. The summed E-state index contributed by atoms with van der Waals surface area (Å²) in [5, 5.41) is 0.0884. The molecule has 1 saturated heterocycles. The molecule has 1 aliphatic heterocycles. The van der Waals surface area contributed by atoms with Crippen LogP contribution in [0.25, 0.3) is 0 Å². The lowest BCUT2D eigenvalue weighted by Crippen LogP contribution is -2.73. The van der Waals surface area contributed by atoms with Gasteiger partial charge in [-0.25, -0.2) is 13.2 Å². The summed E-state index contributed by atoms with van der Waals surface area (Å²) < 4.78 is 40.3. The highest BCUT2D eigenvalue weighted by Crippen LogP contribution is 2.47. The second-order valence-corrected chi connectivity index (χ2v) is 8.50. The van der Waals surface area contributed by atoms with E-state index in [4.69, 9.17) is 17.3 Å². The van der Waals surface area contributed by atoms with Gasteiger partial charge in [0.15, 0.2) is 0 Å². The summed E-state index contributed by atoms with van der Waals surface area (Å²) in [5.41, 5.74) is 4.00. The number of nitrogens with zero attached hydrogens (tertiary/aromatic N) is 2. The topological polar surface area (TPSA) is 83.7 Å². The summed E-state index contributed by atoms with van der Waals surface area (Å²) in [7, 11) is 0. The van der Waals surface area contributed by atoms with Crippen LogP contribution in [0.4, 0.5) is 13.2 Å². The SMILES string of the molecule is C=C(/C(F)=C\C(Cl)=C/C)N1CC(=O)N(Cc2ccc(C(F)F)cc2)C2(CC(C(N)=O)C2)C1=O. The van der Waals surface area contributed by atoms with E-state index in [9.17, 15) is 27.6 Å². The van der Waals surface area contributed by atoms with E-state index < -0.39 is 48.0 Å². The Kier molecular flexibility index (Phi) is 7.02. The van der Waals surface area contributed by atoms with Crippen molar-refractivity contribution >= 4 is 29.3 Å². The molecule has 0 aromatic heterocycles. The zero-order valence-electron chi connectivity index (χ0n) is 17.9. The number of alkyl halides is 2. The molecule has 1 heterocycles. The Labute approximate surface area is 194 Å². The van der Waals surface area contributed by atoms with Crippen LogP contribution in [0.15, 0.2) is 59.6 Å². The largest absolute Gasteiger partial charge is 0.369 e. The van der Waals surface area contributed by atoms with E-state index in [2.05, 4.69) is 6.58 Å².